The Balaban J connectivity index is 1.67. The lowest BCUT2D eigenvalue weighted by Crippen LogP contribution is -2.31. The van der Waals surface area contributed by atoms with E-state index in [1.165, 1.54) is 10.7 Å². The van der Waals surface area contributed by atoms with Gasteiger partial charge in [-0.3, -0.25) is 9.59 Å². The fraction of sp³-hybridized carbons (Fsp3) is 0.263. The lowest BCUT2D eigenvalue weighted by Gasteiger charge is -2.08. The Bertz CT molecular complexity index is 1010. The predicted molar refractivity (Wildman–Crippen MR) is 104 cm³/mol. The van der Waals surface area contributed by atoms with Crippen molar-refractivity contribution in [2.45, 2.75) is 20.4 Å². The average molecular weight is 384 g/mol. The van der Waals surface area contributed by atoms with E-state index < -0.39 is 0 Å². The molecule has 0 aliphatic rings. The van der Waals surface area contributed by atoms with Gasteiger partial charge in [0.15, 0.2) is 0 Å². The zero-order valence-corrected chi connectivity index (χ0v) is 16.2. The van der Waals surface area contributed by atoms with Crippen molar-refractivity contribution in [1.29, 1.82) is 0 Å². The van der Waals surface area contributed by atoms with Gasteiger partial charge in [-0.15, -0.1) is 11.3 Å². The van der Waals surface area contributed by atoms with E-state index >= 15 is 0 Å². The molecule has 0 spiro atoms. The van der Waals surface area contributed by atoms with Crippen LogP contribution in [0.1, 0.15) is 21.1 Å². The fourth-order valence-electron chi connectivity index (χ4n) is 2.62. The van der Waals surface area contributed by atoms with E-state index in [1.54, 1.807) is 48.8 Å². The number of hydrogen-bond donors (Lipinski definition) is 1. The largest absolute Gasteiger partial charge is 0.497 e. The molecule has 0 atom stereocenters. The maximum Gasteiger partial charge on any atom is 0.266 e. The SMILES string of the molecule is COc1ccc(C(=O)NCCn2nc(-c3sc(C)nc3C)ccc2=O)cc1. The zero-order valence-electron chi connectivity index (χ0n) is 15.4. The first-order valence-corrected chi connectivity index (χ1v) is 9.24. The number of carbonyl (C=O) groups excluding carboxylic acids is 1. The second kappa shape index (κ2) is 8.13. The van der Waals surface area contributed by atoms with Crippen LogP contribution in [0.25, 0.3) is 10.6 Å². The smallest absolute Gasteiger partial charge is 0.266 e. The van der Waals surface area contributed by atoms with E-state index in [4.69, 9.17) is 4.74 Å². The maximum atomic E-state index is 12.2. The molecular weight excluding hydrogens is 364 g/mol. The van der Waals surface area contributed by atoms with Crippen LogP contribution in [0.15, 0.2) is 41.2 Å². The molecule has 3 rings (SSSR count). The highest BCUT2D eigenvalue weighted by molar-refractivity contribution is 7.15. The Hall–Kier alpha value is -3.00. The number of aryl methyl sites for hydroxylation is 2. The van der Waals surface area contributed by atoms with Crippen LogP contribution < -0.4 is 15.6 Å². The van der Waals surface area contributed by atoms with Crippen LogP contribution >= 0.6 is 11.3 Å². The van der Waals surface area contributed by atoms with Gasteiger partial charge in [-0.05, 0) is 44.2 Å². The number of nitrogens with one attached hydrogen (secondary N) is 1. The van der Waals surface area contributed by atoms with Crippen molar-refractivity contribution in [1.82, 2.24) is 20.1 Å². The summed E-state index contributed by atoms with van der Waals surface area (Å²) in [4.78, 5) is 29.6. The van der Waals surface area contributed by atoms with Gasteiger partial charge >= 0.3 is 0 Å². The Morgan fingerprint density at radius 1 is 1.19 bits per heavy atom. The third kappa shape index (κ3) is 4.40. The molecule has 0 saturated carbocycles. The van der Waals surface area contributed by atoms with Crippen LogP contribution in [-0.4, -0.2) is 34.3 Å². The summed E-state index contributed by atoms with van der Waals surface area (Å²) in [6.45, 7) is 4.43. The van der Waals surface area contributed by atoms with Crippen molar-refractivity contribution in [2.24, 2.45) is 0 Å². The van der Waals surface area contributed by atoms with Gasteiger partial charge < -0.3 is 10.1 Å². The molecule has 0 fully saturated rings. The predicted octanol–water partition coefficient (Wildman–Crippen LogP) is 2.42. The number of benzene rings is 1. The van der Waals surface area contributed by atoms with Crippen molar-refractivity contribution in [2.75, 3.05) is 13.7 Å². The highest BCUT2D eigenvalue weighted by atomic mass is 32.1. The molecule has 2 aromatic heterocycles. The van der Waals surface area contributed by atoms with E-state index in [-0.39, 0.29) is 18.0 Å². The molecule has 0 aliphatic carbocycles. The van der Waals surface area contributed by atoms with Crippen LogP contribution in [0.5, 0.6) is 5.75 Å². The molecular formula is C19H20N4O3S. The number of aromatic nitrogens is 3. The van der Waals surface area contributed by atoms with Gasteiger partial charge in [0, 0.05) is 18.2 Å². The van der Waals surface area contributed by atoms with Crippen molar-refractivity contribution >= 4 is 17.2 Å². The highest BCUT2D eigenvalue weighted by Gasteiger charge is 2.11. The van der Waals surface area contributed by atoms with E-state index in [0.717, 1.165) is 15.6 Å². The first-order valence-electron chi connectivity index (χ1n) is 8.43. The lowest BCUT2D eigenvalue weighted by atomic mass is 10.2. The van der Waals surface area contributed by atoms with E-state index in [9.17, 15) is 9.59 Å². The Morgan fingerprint density at radius 2 is 1.93 bits per heavy atom. The van der Waals surface area contributed by atoms with Crippen LogP contribution in [0.2, 0.25) is 0 Å². The summed E-state index contributed by atoms with van der Waals surface area (Å²) in [5.41, 5.74) is 1.92. The molecule has 0 aliphatic heterocycles. The van der Waals surface area contributed by atoms with Gasteiger partial charge in [-0.1, -0.05) is 0 Å². The third-order valence-electron chi connectivity index (χ3n) is 3.96. The minimum Gasteiger partial charge on any atom is -0.497 e. The second-order valence-corrected chi connectivity index (χ2v) is 7.11. The Labute approximate surface area is 160 Å². The lowest BCUT2D eigenvalue weighted by molar-refractivity contribution is 0.0951. The topological polar surface area (TPSA) is 86.1 Å². The normalized spacial score (nSPS) is 10.6. The molecule has 3 aromatic rings. The summed E-state index contributed by atoms with van der Waals surface area (Å²) in [5.74, 6) is 0.475. The van der Waals surface area contributed by atoms with Crippen LogP contribution in [-0.2, 0) is 6.54 Å². The molecule has 0 saturated heterocycles. The zero-order chi connectivity index (χ0) is 19.4. The number of ether oxygens (including phenoxy) is 1. The first kappa shape index (κ1) is 18.8. The maximum absolute atomic E-state index is 12.2. The number of amides is 1. The van der Waals surface area contributed by atoms with Crippen LogP contribution in [0, 0.1) is 13.8 Å². The van der Waals surface area contributed by atoms with Crippen molar-refractivity contribution < 1.29 is 9.53 Å². The quantitative estimate of drug-likeness (QED) is 0.705. The van der Waals surface area contributed by atoms with Gasteiger partial charge in [-0.25, -0.2) is 9.67 Å². The standard InChI is InChI=1S/C19H20N4O3S/c1-12-18(27-13(2)21-12)16-8-9-17(24)23(22-16)11-10-20-19(25)14-4-6-15(26-3)7-5-14/h4-9H,10-11H2,1-3H3,(H,20,25). The van der Waals surface area contributed by atoms with Gasteiger partial charge in [-0.2, -0.15) is 5.10 Å². The first-order chi connectivity index (χ1) is 13.0. The summed E-state index contributed by atoms with van der Waals surface area (Å²) < 4.78 is 6.44. The summed E-state index contributed by atoms with van der Waals surface area (Å²) in [6.07, 6.45) is 0. The third-order valence-corrected chi connectivity index (χ3v) is 5.06. The molecule has 27 heavy (non-hydrogen) atoms. The molecule has 1 aromatic carbocycles. The van der Waals surface area contributed by atoms with Gasteiger partial charge in [0.25, 0.3) is 11.5 Å². The summed E-state index contributed by atoms with van der Waals surface area (Å²) >= 11 is 1.54. The molecule has 0 unspecified atom stereocenters. The molecule has 8 heteroatoms. The number of rotatable bonds is 6. The van der Waals surface area contributed by atoms with Crippen LogP contribution in [0.4, 0.5) is 0 Å². The molecule has 0 radical (unpaired) electrons. The summed E-state index contributed by atoms with van der Waals surface area (Å²) in [5, 5.41) is 8.17. The second-order valence-electron chi connectivity index (χ2n) is 5.91. The molecule has 1 N–H and O–H groups in total. The number of nitrogens with zero attached hydrogens (tertiary/aromatic N) is 3. The Kier molecular flexibility index (Phi) is 5.66. The monoisotopic (exact) mass is 384 g/mol. The van der Waals surface area contributed by atoms with Crippen LogP contribution in [0.3, 0.4) is 0 Å². The molecule has 1 amide bonds. The molecule has 2 heterocycles. The summed E-state index contributed by atoms with van der Waals surface area (Å²) in [7, 11) is 1.57. The minimum atomic E-state index is -0.212. The molecule has 7 nitrogen and oxygen atoms in total. The van der Waals surface area contributed by atoms with Gasteiger partial charge in [0.05, 0.1) is 29.2 Å². The van der Waals surface area contributed by atoms with Crippen molar-refractivity contribution in [3.63, 3.8) is 0 Å². The number of methoxy groups -OCH3 is 1. The van der Waals surface area contributed by atoms with Crippen molar-refractivity contribution in [3.8, 4) is 16.3 Å². The van der Waals surface area contributed by atoms with Gasteiger partial charge in [0.2, 0.25) is 0 Å². The highest BCUT2D eigenvalue weighted by Crippen LogP contribution is 2.27. The number of hydrogen-bond acceptors (Lipinski definition) is 6. The van der Waals surface area contributed by atoms with E-state index in [1.807, 2.05) is 13.8 Å². The fourth-order valence-corrected chi connectivity index (χ4v) is 3.50. The minimum absolute atomic E-state index is 0.212. The molecule has 0 bridgehead atoms. The average Bonchev–Trinajstić information content (AvgIpc) is 3.01. The summed E-state index contributed by atoms with van der Waals surface area (Å²) in [6, 6.07) is 10.0. The Morgan fingerprint density at radius 3 is 2.56 bits per heavy atom. The van der Waals surface area contributed by atoms with Crippen molar-refractivity contribution in [3.05, 3.63) is 63.0 Å². The number of carbonyl (C=O) groups is 1. The molecule has 140 valence electrons. The van der Waals surface area contributed by atoms with E-state index in [2.05, 4.69) is 15.4 Å². The van der Waals surface area contributed by atoms with Gasteiger partial charge in [0.1, 0.15) is 11.4 Å². The van der Waals surface area contributed by atoms with E-state index in [0.29, 0.717) is 23.6 Å². The number of thiazole rings is 1.